The van der Waals surface area contributed by atoms with Gasteiger partial charge in [-0.15, -0.1) is 0 Å². The monoisotopic (exact) mass is 157 g/mol. The Balaban J connectivity index is 2.14. The zero-order chi connectivity index (χ0) is 8.10. The van der Waals surface area contributed by atoms with E-state index >= 15 is 0 Å². The van der Waals surface area contributed by atoms with Crippen LogP contribution >= 0.6 is 0 Å². The molecule has 1 saturated heterocycles. The van der Waals surface area contributed by atoms with Crippen LogP contribution in [0.5, 0.6) is 0 Å². The molecule has 2 unspecified atom stereocenters. The van der Waals surface area contributed by atoms with E-state index < -0.39 is 0 Å². The van der Waals surface area contributed by atoms with Gasteiger partial charge in [0.15, 0.2) is 0 Å². The maximum absolute atomic E-state index is 8.70. The van der Waals surface area contributed by atoms with Gasteiger partial charge in [0, 0.05) is 12.6 Å². The van der Waals surface area contributed by atoms with Crippen LogP contribution in [0.25, 0.3) is 0 Å². The van der Waals surface area contributed by atoms with Gasteiger partial charge in [-0.05, 0) is 31.7 Å². The lowest BCUT2D eigenvalue weighted by Gasteiger charge is -2.28. The summed E-state index contributed by atoms with van der Waals surface area (Å²) in [6.07, 6.45) is 4.81. The Morgan fingerprint density at radius 2 is 2.27 bits per heavy atom. The van der Waals surface area contributed by atoms with Crippen LogP contribution in [0.1, 0.15) is 32.6 Å². The standard InChI is InChI=1S/C9H19NO/c1-2-8-3-4-9(5-6-11)10-7-8/h8-11H,2-7H2,1H3. The fourth-order valence-electron chi connectivity index (χ4n) is 1.73. The Kier molecular flexibility index (Phi) is 3.87. The lowest BCUT2D eigenvalue weighted by molar-refractivity contribution is 0.229. The van der Waals surface area contributed by atoms with E-state index in [2.05, 4.69) is 12.2 Å². The molecule has 0 bridgehead atoms. The first-order valence-electron chi connectivity index (χ1n) is 4.71. The summed E-state index contributed by atoms with van der Waals surface area (Å²) in [4.78, 5) is 0. The highest BCUT2D eigenvalue weighted by molar-refractivity contribution is 4.76. The van der Waals surface area contributed by atoms with Crippen molar-refractivity contribution in [2.45, 2.75) is 38.6 Å². The van der Waals surface area contributed by atoms with E-state index in [1.807, 2.05) is 0 Å². The van der Waals surface area contributed by atoms with E-state index in [1.165, 1.54) is 19.3 Å². The van der Waals surface area contributed by atoms with Crippen molar-refractivity contribution >= 4 is 0 Å². The minimum absolute atomic E-state index is 0.328. The predicted molar refractivity (Wildman–Crippen MR) is 46.5 cm³/mol. The van der Waals surface area contributed by atoms with E-state index in [9.17, 15) is 0 Å². The lowest BCUT2D eigenvalue weighted by atomic mass is 9.92. The van der Waals surface area contributed by atoms with Crippen molar-refractivity contribution < 1.29 is 5.11 Å². The number of aliphatic hydroxyl groups excluding tert-OH is 1. The number of rotatable bonds is 3. The highest BCUT2D eigenvalue weighted by Gasteiger charge is 2.17. The van der Waals surface area contributed by atoms with E-state index in [1.54, 1.807) is 0 Å². The van der Waals surface area contributed by atoms with Crippen molar-refractivity contribution in [1.29, 1.82) is 0 Å². The Morgan fingerprint density at radius 1 is 1.45 bits per heavy atom. The van der Waals surface area contributed by atoms with Crippen molar-refractivity contribution in [3.63, 3.8) is 0 Å². The number of nitrogens with one attached hydrogen (secondary N) is 1. The van der Waals surface area contributed by atoms with Crippen LogP contribution in [0, 0.1) is 5.92 Å². The smallest absolute Gasteiger partial charge is 0.0445 e. The molecule has 11 heavy (non-hydrogen) atoms. The molecule has 0 amide bonds. The van der Waals surface area contributed by atoms with Gasteiger partial charge >= 0.3 is 0 Å². The summed E-state index contributed by atoms with van der Waals surface area (Å²) in [7, 11) is 0. The van der Waals surface area contributed by atoms with Crippen LogP contribution in [0.15, 0.2) is 0 Å². The summed E-state index contributed by atoms with van der Waals surface area (Å²) in [6.45, 7) is 3.73. The molecule has 0 spiro atoms. The van der Waals surface area contributed by atoms with Gasteiger partial charge in [-0.3, -0.25) is 0 Å². The van der Waals surface area contributed by atoms with E-state index in [-0.39, 0.29) is 0 Å². The first-order chi connectivity index (χ1) is 5.36. The molecule has 2 nitrogen and oxygen atoms in total. The molecule has 1 fully saturated rings. The molecule has 0 aromatic heterocycles. The molecule has 0 aromatic carbocycles. The second kappa shape index (κ2) is 4.73. The van der Waals surface area contributed by atoms with Gasteiger partial charge in [-0.25, -0.2) is 0 Å². The number of aliphatic hydroxyl groups is 1. The molecule has 1 aliphatic heterocycles. The van der Waals surface area contributed by atoms with Crippen molar-refractivity contribution in [3.05, 3.63) is 0 Å². The summed E-state index contributed by atoms with van der Waals surface area (Å²) in [5.41, 5.74) is 0. The first kappa shape index (κ1) is 9.01. The van der Waals surface area contributed by atoms with Gasteiger partial charge in [0.05, 0.1) is 0 Å². The minimum Gasteiger partial charge on any atom is -0.396 e. The highest BCUT2D eigenvalue weighted by atomic mass is 16.3. The molecule has 2 N–H and O–H groups in total. The van der Waals surface area contributed by atoms with Crippen LogP contribution in [0.3, 0.4) is 0 Å². The predicted octanol–water partition coefficient (Wildman–Crippen LogP) is 1.15. The molecule has 66 valence electrons. The third kappa shape index (κ3) is 2.80. The summed E-state index contributed by atoms with van der Waals surface area (Å²) in [6, 6.07) is 0.586. The SMILES string of the molecule is CCC1CCC(CCO)NC1. The molecule has 1 rings (SSSR count). The summed E-state index contributed by atoms with van der Waals surface area (Å²) in [5.74, 6) is 0.880. The Bertz CT molecular complexity index is 97.7. The molecule has 0 aromatic rings. The summed E-state index contributed by atoms with van der Waals surface area (Å²) in [5, 5.41) is 12.2. The van der Waals surface area contributed by atoms with Crippen LogP contribution < -0.4 is 5.32 Å². The molecule has 0 aliphatic carbocycles. The maximum atomic E-state index is 8.70. The molecule has 1 heterocycles. The normalized spacial score (nSPS) is 32.2. The second-order valence-corrected chi connectivity index (χ2v) is 3.47. The van der Waals surface area contributed by atoms with E-state index in [0.717, 1.165) is 18.9 Å². The van der Waals surface area contributed by atoms with Crippen LogP contribution in [-0.4, -0.2) is 24.3 Å². The molecule has 2 atom stereocenters. The summed E-state index contributed by atoms with van der Waals surface area (Å²) < 4.78 is 0. The average molecular weight is 157 g/mol. The Hall–Kier alpha value is -0.0800. The van der Waals surface area contributed by atoms with Crippen LogP contribution in [0.4, 0.5) is 0 Å². The number of piperidine rings is 1. The molecule has 0 saturated carbocycles. The van der Waals surface area contributed by atoms with Gasteiger partial charge in [0.25, 0.3) is 0 Å². The third-order valence-electron chi connectivity index (χ3n) is 2.67. The highest BCUT2D eigenvalue weighted by Crippen LogP contribution is 2.18. The fraction of sp³-hybridized carbons (Fsp3) is 1.00. The van der Waals surface area contributed by atoms with Crippen molar-refractivity contribution in [3.8, 4) is 0 Å². The fourth-order valence-corrected chi connectivity index (χ4v) is 1.73. The van der Waals surface area contributed by atoms with Crippen molar-refractivity contribution in [2.24, 2.45) is 5.92 Å². The zero-order valence-electron chi connectivity index (χ0n) is 7.34. The topological polar surface area (TPSA) is 32.3 Å². The molecule has 0 radical (unpaired) electrons. The summed E-state index contributed by atoms with van der Waals surface area (Å²) >= 11 is 0. The zero-order valence-corrected chi connectivity index (χ0v) is 7.34. The van der Waals surface area contributed by atoms with Crippen LogP contribution in [-0.2, 0) is 0 Å². The largest absolute Gasteiger partial charge is 0.396 e. The average Bonchev–Trinajstić information content (AvgIpc) is 2.07. The van der Waals surface area contributed by atoms with Gasteiger partial charge in [0.2, 0.25) is 0 Å². The van der Waals surface area contributed by atoms with Gasteiger partial charge in [-0.1, -0.05) is 13.3 Å². The maximum Gasteiger partial charge on any atom is 0.0445 e. The lowest BCUT2D eigenvalue weighted by Crippen LogP contribution is -2.39. The van der Waals surface area contributed by atoms with E-state index in [4.69, 9.17) is 5.11 Å². The second-order valence-electron chi connectivity index (χ2n) is 3.47. The Labute approximate surface area is 69.0 Å². The number of hydrogen-bond acceptors (Lipinski definition) is 2. The molecule has 2 heteroatoms. The minimum atomic E-state index is 0.328. The van der Waals surface area contributed by atoms with Crippen molar-refractivity contribution in [1.82, 2.24) is 5.32 Å². The quantitative estimate of drug-likeness (QED) is 0.644. The van der Waals surface area contributed by atoms with Gasteiger partial charge < -0.3 is 10.4 Å². The molecular weight excluding hydrogens is 138 g/mol. The van der Waals surface area contributed by atoms with Crippen LogP contribution in [0.2, 0.25) is 0 Å². The Morgan fingerprint density at radius 3 is 2.73 bits per heavy atom. The van der Waals surface area contributed by atoms with Crippen molar-refractivity contribution in [2.75, 3.05) is 13.2 Å². The third-order valence-corrected chi connectivity index (χ3v) is 2.67. The van der Waals surface area contributed by atoms with E-state index in [0.29, 0.717) is 12.6 Å². The van der Waals surface area contributed by atoms with Gasteiger partial charge in [0.1, 0.15) is 0 Å². The number of hydrogen-bond donors (Lipinski definition) is 2. The van der Waals surface area contributed by atoms with Gasteiger partial charge in [-0.2, -0.15) is 0 Å². The first-order valence-corrected chi connectivity index (χ1v) is 4.71. The molecule has 1 aliphatic rings. The molecular formula is C9H19NO.